The Morgan fingerprint density at radius 1 is 1.11 bits per heavy atom. The van der Waals surface area contributed by atoms with E-state index >= 15 is 0 Å². The van der Waals surface area contributed by atoms with Gasteiger partial charge in [0.25, 0.3) is 0 Å². The first-order valence-corrected chi connectivity index (χ1v) is 9.48. The monoisotopic (exact) mass is 370 g/mol. The Labute approximate surface area is 160 Å². The van der Waals surface area contributed by atoms with Crippen LogP contribution in [0, 0.1) is 5.82 Å². The fourth-order valence-electron chi connectivity index (χ4n) is 3.30. The Bertz CT molecular complexity index is 772. The minimum Gasteiger partial charge on any atom is -0.508 e. The summed E-state index contributed by atoms with van der Waals surface area (Å²) in [6.07, 6.45) is 0.776. The zero-order valence-corrected chi connectivity index (χ0v) is 15.7. The lowest BCUT2D eigenvalue weighted by Crippen LogP contribution is -2.52. The molecular formula is C21H27FN4O. The van der Waals surface area contributed by atoms with E-state index in [0.717, 1.165) is 50.7 Å². The predicted molar refractivity (Wildman–Crippen MR) is 108 cm³/mol. The van der Waals surface area contributed by atoms with E-state index < -0.39 is 0 Å². The largest absolute Gasteiger partial charge is 0.508 e. The van der Waals surface area contributed by atoms with Gasteiger partial charge in [0.1, 0.15) is 11.6 Å². The summed E-state index contributed by atoms with van der Waals surface area (Å²) >= 11 is 0. The van der Waals surface area contributed by atoms with Gasteiger partial charge in [-0.05, 0) is 43.2 Å². The predicted octanol–water partition coefficient (Wildman–Crippen LogP) is 2.86. The van der Waals surface area contributed by atoms with Crippen molar-refractivity contribution in [3.05, 3.63) is 59.9 Å². The Morgan fingerprint density at radius 2 is 1.89 bits per heavy atom. The molecule has 27 heavy (non-hydrogen) atoms. The number of guanidine groups is 1. The number of benzene rings is 2. The first-order valence-electron chi connectivity index (χ1n) is 9.48. The number of nitrogens with zero attached hydrogens (tertiary/aromatic N) is 3. The number of halogens is 1. The van der Waals surface area contributed by atoms with Crippen LogP contribution in [0.3, 0.4) is 0 Å². The van der Waals surface area contributed by atoms with E-state index in [2.05, 4.69) is 22.0 Å². The quantitative estimate of drug-likeness (QED) is 0.628. The van der Waals surface area contributed by atoms with Crippen molar-refractivity contribution in [2.75, 3.05) is 44.2 Å². The van der Waals surface area contributed by atoms with Crippen LogP contribution < -0.4 is 10.2 Å². The molecule has 5 nitrogen and oxygen atoms in total. The van der Waals surface area contributed by atoms with Gasteiger partial charge < -0.3 is 20.2 Å². The molecule has 2 N–H and O–H groups in total. The second-order valence-electron chi connectivity index (χ2n) is 6.58. The fourth-order valence-corrected chi connectivity index (χ4v) is 3.30. The van der Waals surface area contributed by atoms with Crippen LogP contribution in [-0.2, 0) is 6.42 Å². The Hall–Kier alpha value is -2.76. The zero-order valence-electron chi connectivity index (χ0n) is 15.7. The molecular weight excluding hydrogens is 343 g/mol. The van der Waals surface area contributed by atoms with Crippen molar-refractivity contribution in [1.82, 2.24) is 10.2 Å². The highest BCUT2D eigenvalue weighted by molar-refractivity contribution is 5.80. The highest BCUT2D eigenvalue weighted by Crippen LogP contribution is 2.20. The van der Waals surface area contributed by atoms with E-state index in [1.165, 1.54) is 6.07 Å². The number of nitrogens with one attached hydrogen (secondary N) is 1. The molecule has 0 bridgehead atoms. The SMILES string of the molecule is CCNC(=NCCc1cccc(O)c1)N1CCN(c2ccccc2F)CC1. The van der Waals surface area contributed by atoms with Gasteiger partial charge in [-0.15, -0.1) is 0 Å². The van der Waals surface area contributed by atoms with Crippen LogP contribution in [0.5, 0.6) is 5.75 Å². The molecule has 2 aromatic rings. The normalized spacial score (nSPS) is 15.1. The second kappa shape index (κ2) is 9.26. The van der Waals surface area contributed by atoms with Crippen LogP contribution >= 0.6 is 0 Å². The van der Waals surface area contributed by atoms with E-state index in [-0.39, 0.29) is 11.6 Å². The molecule has 1 fully saturated rings. The third-order valence-electron chi connectivity index (χ3n) is 4.68. The molecule has 0 saturated carbocycles. The molecule has 1 heterocycles. The summed E-state index contributed by atoms with van der Waals surface area (Å²) in [5, 5.41) is 12.9. The highest BCUT2D eigenvalue weighted by atomic mass is 19.1. The van der Waals surface area contributed by atoms with Crippen molar-refractivity contribution >= 4 is 11.6 Å². The third-order valence-corrected chi connectivity index (χ3v) is 4.68. The van der Waals surface area contributed by atoms with E-state index in [0.29, 0.717) is 12.2 Å². The van der Waals surface area contributed by atoms with Gasteiger partial charge in [-0.1, -0.05) is 24.3 Å². The van der Waals surface area contributed by atoms with Gasteiger partial charge in [0.05, 0.1) is 5.69 Å². The van der Waals surface area contributed by atoms with E-state index in [9.17, 15) is 9.50 Å². The maximum absolute atomic E-state index is 14.0. The molecule has 1 aliphatic rings. The molecule has 0 amide bonds. The Kier molecular flexibility index (Phi) is 6.52. The minimum atomic E-state index is -0.169. The standard InChI is InChI=1S/C21H27FN4O/c1-2-23-21(24-11-10-17-6-5-7-18(27)16-17)26-14-12-25(13-15-26)20-9-4-3-8-19(20)22/h3-9,16,27H,2,10-15H2,1H3,(H,23,24). The van der Waals surface area contributed by atoms with Gasteiger partial charge >= 0.3 is 0 Å². The summed E-state index contributed by atoms with van der Waals surface area (Å²) in [5.74, 6) is 1.01. The van der Waals surface area contributed by atoms with Gasteiger partial charge in [-0.2, -0.15) is 0 Å². The molecule has 144 valence electrons. The number of rotatable bonds is 5. The number of hydrogen-bond acceptors (Lipinski definition) is 3. The van der Waals surface area contributed by atoms with Crippen molar-refractivity contribution in [2.24, 2.45) is 4.99 Å². The van der Waals surface area contributed by atoms with Crippen molar-refractivity contribution in [1.29, 1.82) is 0 Å². The number of para-hydroxylation sites is 1. The number of phenolic OH excluding ortho intramolecular Hbond substituents is 1. The minimum absolute atomic E-state index is 0.169. The lowest BCUT2D eigenvalue weighted by atomic mass is 10.1. The van der Waals surface area contributed by atoms with Crippen molar-refractivity contribution in [2.45, 2.75) is 13.3 Å². The molecule has 0 spiro atoms. The first-order chi connectivity index (χ1) is 13.2. The summed E-state index contributed by atoms with van der Waals surface area (Å²) in [6.45, 7) is 6.63. The average Bonchev–Trinajstić information content (AvgIpc) is 2.68. The van der Waals surface area contributed by atoms with Crippen molar-refractivity contribution in [3.63, 3.8) is 0 Å². The van der Waals surface area contributed by atoms with Crippen LogP contribution in [-0.4, -0.2) is 55.2 Å². The lowest BCUT2D eigenvalue weighted by molar-refractivity contribution is 0.371. The average molecular weight is 370 g/mol. The summed E-state index contributed by atoms with van der Waals surface area (Å²) in [6, 6.07) is 14.2. The van der Waals surface area contributed by atoms with Crippen molar-refractivity contribution < 1.29 is 9.50 Å². The van der Waals surface area contributed by atoms with Gasteiger partial charge in [0.2, 0.25) is 0 Å². The van der Waals surface area contributed by atoms with Crippen LogP contribution in [0.2, 0.25) is 0 Å². The summed E-state index contributed by atoms with van der Waals surface area (Å²) in [7, 11) is 0. The van der Waals surface area contributed by atoms with Gasteiger partial charge in [0.15, 0.2) is 5.96 Å². The van der Waals surface area contributed by atoms with E-state index in [1.54, 1.807) is 18.2 Å². The van der Waals surface area contributed by atoms with E-state index in [1.807, 2.05) is 24.3 Å². The number of hydrogen-bond donors (Lipinski definition) is 2. The first kappa shape index (κ1) is 19.0. The molecule has 2 aromatic carbocycles. The van der Waals surface area contributed by atoms with Crippen LogP contribution in [0.4, 0.5) is 10.1 Å². The molecule has 0 aromatic heterocycles. The molecule has 6 heteroatoms. The maximum Gasteiger partial charge on any atom is 0.194 e. The third kappa shape index (κ3) is 5.12. The van der Waals surface area contributed by atoms with Crippen LogP contribution in [0.1, 0.15) is 12.5 Å². The lowest BCUT2D eigenvalue weighted by Gasteiger charge is -2.37. The summed E-state index contributed by atoms with van der Waals surface area (Å²) in [4.78, 5) is 9.05. The Morgan fingerprint density at radius 3 is 2.59 bits per heavy atom. The topological polar surface area (TPSA) is 51.1 Å². The maximum atomic E-state index is 14.0. The van der Waals surface area contributed by atoms with Crippen molar-refractivity contribution in [3.8, 4) is 5.75 Å². The number of piperazine rings is 1. The molecule has 0 radical (unpaired) electrons. The Balaban J connectivity index is 1.58. The van der Waals surface area contributed by atoms with Crippen LogP contribution in [0.25, 0.3) is 0 Å². The fraction of sp³-hybridized carbons (Fsp3) is 0.381. The second-order valence-corrected chi connectivity index (χ2v) is 6.58. The van der Waals surface area contributed by atoms with E-state index in [4.69, 9.17) is 4.99 Å². The summed E-state index contributed by atoms with van der Waals surface area (Å²) < 4.78 is 14.0. The van der Waals surface area contributed by atoms with Gasteiger partial charge in [-0.3, -0.25) is 4.99 Å². The van der Waals surface area contributed by atoms with Gasteiger partial charge in [0, 0.05) is 39.3 Å². The molecule has 3 rings (SSSR count). The molecule has 1 saturated heterocycles. The van der Waals surface area contributed by atoms with Gasteiger partial charge in [-0.25, -0.2) is 4.39 Å². The number of aromatic hydroxyl groups is 1. The zero-order chi connectivity index (χ0) is 19.1. The number of anilines is 1. The number of aliphatic imine (C=N–C) groups is 1. The molecule has 0 unspecified atom stereocenters. The summed E-state index contributed by atoms with van der Waals surface area (Å²) in [5.41, 5.74) is 1.74. The van der Waals surface area contributed by atoms with Crippen LogP contribution in [0.15, 0.2) is 53.5 Å². The molecule has 0 atom stereocenters. The molecule has 1 aliphatic heterocycles. The molecule has 0 aliphatic carbocycles. The smallest absolute Gasteiger partial charge is 0.194 e. The number of phenols is 1. The highest BCUT2D eigenvalue weighted by Gasteiger charge is 2.21.